The van der Waals surface area contributed by atoms with E-state index in [9.17, 15) is 4.79 Å². The molecule has 0 radical (unpaired) electrons. The smallest absolute Gasteiger partial charge is 0.266 e. The number of hydrogen-bond acceptors (Lipinski definition) is 6. The molecule has 0 bridgehead atoms. The predicted molar refractivity (Wildman–Crippen MR) is 95.2 cm³/mol. The van der Waals surface area contributed by atoms with E-state index in [4.69, 9.17) is 0 Å². The predicted octanol–water partition coefficient (Wildman–Crippen LogP) is 3.95. The maximum Gasteiger partial charge on any atom is 0.266 e. The van der Waals surface area contributed by atoms with Gasteiger partial charge in [-0.3, -0.25) is 4.79 Å². The van der Waals surface area contributed by atoms with Gasteiger partial charge in [0.2, 0.25) is 0 Å². The summed E-state index contributed by atoms with van der Waals surface area (Å²) in [5.74, 6) is 0.643. The third kappa shape index (κ3) is 2.74. The number of nitrogens with zero attached hydrogens (tertiary/aromatic N) is 4. The van der Waals surface area contributed by atoms with Crippen LogP contribution in [0.5, 0.6) is 0 Å². The molecule has 5 nitrogen and oxygen atoms in total. The minimum absolute atomic E-state index is 0.0723. The van der Waals surface area contributed by atoms with E-state index < -0.39 is 0 Å². The molecule has 0 aliphatic carbocycles. The Morgan fingerprint density at radius 2 is 2.12 bits per heavy atom. The van der Waals surface area contributed by atoms with Crippen LogP contribution in [0.2, 0.25) is 0 Å². The first-order valence-electron chi connectivity index (χ1n) is 7.83. The number of thiophene rings is 1. The Morgan fingerprint density at radius 1 is 1.29 bits per heavy atom. The third-order valence-corrected chi connectivity index (χ3v) is 6.25. The number of rotatable bonds is 3. The summed E-state index contributed by atoms with van der Waals surface area (Å²) >= 11 is 3.10. The second-order valence-electron chi connectivity index (χ2n) is 5.68. The Hall–Kier alpha value is -2.12. The van der Waals surface area contributed by atoms with Crippen molar-refractivity contribution in [2.24, 2.45) is 0 Å². The monoisotopic (exact) mass is 356 g/mol. The van der Waals surface area contributed by atoms with E-state index in [1.807, 2.05) is 17.9 Å². The number of hydrogen-bond donors (Lipinski definition) is 0. The largest absolute Gasteiger partial charge is 0.330 e. The van der Waals surface area contributed by atoms with E-state index in [0.717, 1.165) is 25.1 Å². The van der Waals surface area contributed by atoms with E-state index in [-0.39, 0.29) is 11.9 Å². The van der Waals surface area contributed by atoms with Gasteiger partial charge >= 0.3 is 0 Å². The minimum atomic E-state index is 0.0723. The lowest BCUT2D eigenvalue weighted by atomic mass is 10.2. The number of aromatic nitrogens is 3. The summed E-state index contributed by atoms with van der Waals surface area (Å²) < 4.78 is 0. The number of thiazole rings is 1. The van der Waals surface area contributed by atoms with Crippen molar-refractivity contribution < 1.29 is 4.79 Å². The molecule has 0 saturated carbocycles. The van der Waals surface area contributed by atoms with Crippen molar-refractivity contribution in [2.45, 2.75) is 25.8 Å². The summed E-state index contributed by atoms with van der Waals surface area (Å²) in [6.07, 6.45) is 5.45. The van der Waals surface area contributed by atoms with Gasteiger partial charge in [0.25, 0.3) is 5.91 Å². The van der Waals surface area contributed by atoms with Crippen LogP contribution < -0.4 is 0 Å². The molecule has 0 spiro atoms. The van der Waals surface area contributed by atoms with Crippen molar-refractivity contribution in [3.05, 3.63) is 51.4 Å². The first-order valence-corrected chi connectivity index (χ1v) is 9.53. The second kappa shape index (κ2) is 6.41. The van der Waals surface area contributed by atoms with Crippen LogP contribution in [0, 0.1) is 6.92 Å². The lowest BCUT2D eigenvalue weighted by Crippen LogP contribution is -2.30. The van der Waals surface area contributed by atoms with Gasteiger partial charge in [0.15, 0.2) is 10.8 Å². The zero-order valence-electron chi connectivity index (χ0n) is 13.2. The highest BCUT2D eigenvalue weighted by Gasteiger charge is 2.33. The van der Waals surface area contributed by atoms with Crippen LogP contribution in [-0.2, 0) is 0 Å². The normalized spacial score (nSPS) is 17.4. The van der Waals surface area contributed by atoms with Crippen molar-refractivity contribution in [1.82, 2.24) is 19.9 Å². The Bertz CT molecular complexity index is 845. The van der Waals surface area contributed by atoms with Gasteiger partial charge in [-0.1, -0.05) is 6.07 Å². The molecule has 1 aliphatic heterocycles. The molecule has 0 unspecified atom stereocenters. The number of carbonyl (C=O) groups excluding carboxylic acids is 1. The fourth-order valence-corrected chi connectivity index (χ4v) is 4.86. The van der Waals surface area contributed by atoms with Gasteiger partial charge in [-0.25, -0.2) is 15.0 Å². The Kier molecular flexibility index (Phi) is 4.12. The highest BCUT2D eigenvalue weighted by atomic mass is 32.1. The zero-order chi connectivity index (χ0) is 16.5. The molecule has 122 valence electrons. The molecule has 1 atom stereocenters. The van der Waals surface area contributed by atoms with E-state index in [1.165, 1.54) is 16.2 Å². The van der Waals surface area contributed by atoms with E-state index in [1.54, 1.807) is 29.8 Å². The maximum atomic E-state index is 13.1. The van der Waals surface area contributed by atoms with Crippen LogP contribution in [0.15, 0.2) is 36.0 Å². The average Bonchev–Trinajstić information content (AvgIpc) is 3.35. The van der Waals surface area contributed by atoms with Crippen molar-refractivity contribution in [1.29, 1.82) is 0 Å². The maximum absolute atomic E-state index is 13.1. The first kappa shape index (κ1) is 15.4. The molecule has 7 heteroatoms. The number of aryl methyl sites for hydroxylation is 1. The lowest BCUT2D eigenvalue weighted by Gasteiger charge is -2.23. The molecule has 0 aromatic carbocycles. The van der Waals surface area contributed by atoms with E-state index in [0.29, 0.717) is 15.7 Å². The number of carbonyl (C=O) groups is 1. The summed E-state index contributed by atoms with van der Waals surface area (Å²) in [5.41, 5.74) is 0.754. The molecule has 3 aromatic rings. The first-order chi connectivity index (χ1) is 11.7. The molecule has 4 rings (SSSR count). The van der Waals surface area contributed by atoms with Crippen LogP contribution in [0.1, 0.15) is 39.1 Å². The van der Waals surface area contributed by atoms with Crippen LogP contribution >= 0.6 is 22.7 Å². The molecular formula is C17H16N4OS2. The highest BCUT2D eigenvalue weighted by Crippen LogP contribution is 2.37. The lowest BCUT2D eigenvalue weighted by molar-refractivity contribution is 0.0742. The van der Waals surface area contributed by atoms with Gasteiger partial charge in [-0.2, -0.15) is 0 Å². The molecule has 0 N–H and O–H groups in total. The summed E-state index contributed by atoms with van der Waals surface area (Å²) in [6.45, 7) is 2.68. The Balaban J connectivity index is 1.64. The van der Waals surface area contributed by atoms with Gasteiger partial charge in [0.1, 0.15) is 4.88 Å². The second-order valence-corrected chi connectivity index (χ2v) is 7.66. The zero-order valence-corrected chi connectivity index (χ0v) is 14.8. The molecule has 24 heavy (non-hydrogen) atoms. The fourth-order valence-electron chi connectivity index (χ4n) is 3.02. The van der Waals surface area contributed by atoms with Crippen molar-refractivity contribution in [3.8, 4) is 10.8 Å². The standard InChI is InChI=1S/C17H16N4OS2/c1-11-14(24-16(20-11)15-18-7-4-8-19-15)17(22)21-9-2-5-12(21)13-6-3-10-23-13/h3-4,6-8,10,12H,2,5,9H2,1H3/t12-/m1/s1. The van der Waals surface area contributed by atoms with Gasteiger partial charge in [0, 0.05) is 23.8 Å². The van der Waals surface area contributed by atoms with Crippen LogP contribution in [0.4, 0.5) is 0 Å². The van der Waals surface area contributed by atoms with Gasteiger partial charge < -0.3 is 4.90 Å². The van der Waals surface area contributed by atoms with E-state index >= 15 is 0 Å². The summed E-state index contributed by atoms with van der Waals surface area (Å²) in [6, 6.07) is 6.12. The molecular weight excluding hydrogens is 340 g/mol. The van der Waals surface area contributed by atoms with Crippen molar-refractivity contribution in [2.75, 3.05) is 6.54 Å². The topological polar surface area (TPSA) is 59.0 Å². The number of amides is 1. The molecule has 1 fully saturated rings. The molecule has 1 saturated heterocycles. The van der Waals surface area contributed by atoms with Crippen LogP contribution in [0.3, 0.4) is 0 Å². The fraction of sp³-hybridized carbons (Fsp3) is 0.294. The quantitative estimate of drug-likeness (QED) is 0.713. The van der Waals surface area contributed by atoms with Gasteiger partial charge in [0.05, 0.1) is 11.7 Å². The van der Waals surface area contributed by atoms with Gasteiger partial charge in [-0.15, -0.1) is 22.7 Å². The van der Waals surface area contributed by atoms with Crippen LogP contribution in [0.25, 0.3) is 10.8 Å². The van der Waals surface area contributed by atoms with E-state index in [2.05, 4.69) is 26.4 Å². The summed E-state index contributed by atoms with van der Waals surface area (Å²) in [5, 5.41) is 2.77. The number of likely N-dealkylation sites (tertiary alicyclic amines) is 1. The Morgan fingerprint density at radius 3 is 2.88 bits per heavy atom. The van der Waals surface area contributed by atoms with Crippen molar-refractivity contribution >= 4 is 28.6 Å². The summed E-state index contributed by atoms with van der Waals surface area (Å²) in [7, 11) is 0. The van der Waals surface area contributed by atoms with Gasteiger partial charge in [-0.05, 0) is 37.3 Å². The molecule has 1 aliphatic rings. The Labute approximate surface area is 148 Å². The summed E-state index contributed by atoms with van der Waals surface area (Å²) in [4.78, 5) is 30.0. The highest BCUT2D eigenvalue weighted by molar-refractivity contribution is 7.17. The average molecular weight is 356 g/mol. The minimum Gasteiger partial charge on any atom is -0.330 e. The van der Waals surface area contributed by atoms with Crippen LogP contribution in [-0.4, -0.2) is 32.3 Å². The molecule has 4 heterocycles. The third-order valence-electron chi connectivity index (χ3n) is 4.13. The molecule has 3 aromatic heterocycles. The van der Waals surface area contributed by atoms with Crippen molar-refractivity contribution in [3.63, 3.8) is 0 Å². The SMILES string of the molecule is Cc1nc(-c2ncccn2)sc1C(=O)N1CCC[C@@H]1c1cccs1. The molecule has 1 amide bonds.